The maximum atomic E-state index is 6.33. The van der Waals surface area contributed by atoms with E-state index in [2.05, 4.69) is 48.3 Å². The number of hydrogen-bond acceptors (Lipinski definition) is 1. The van der Waals surface area contributed by atoms with E-state index in [1.165, 1.54) is 5.56 Å². The lowest BCUT2D eigenvalue weighted by Gasteiger charge is -2.09. The van der Waals surface area contributed by atoms with Crippen LogP contribution in [-0.4, -0.2) is 4.98 Å². The van der Waals surface area contributed by atoms with Crippen molar-refractivity contribution in [3.05, 3.63) is 65.3 Å². The maximum Gasteiger partial charge on any atom is 0.132 e. The van der Waals surface area contributed by atoms with Crippen molar-refractivity contribution in [3.8, 4) is 11.1 Å². The van der Waals surface area contributed by atoms with Crippen LogP contribution in [0.2, 0.25) is 5.15 Å². The number of pyridine rings is 1. The smallest absolute Gasteiger partial charge is 0.132 e. The first kappa shape index (κ1) is 13.1. The lowest BCUT2D eigenvalue weighted by Crippen LogP contribution is -1.92. The third-order valence-corrected chi connectivity index (χ3v) is 3.80. The molecule has 0 fully saturated rings. The highest BCUT2D eigenvalue weighted by Gasteiger charge is 2.08. The number of rotatable bonds is 3. The highest BCUT2D eigenvalue weighted by atomic mass is 35.5. The molecule has 0 aliphatic rings. The van der Waals surface area contributed by atoms with Crippen LogP contribution in [0.4, 0.5) is 0 Å². The molecule has 3 aromatic rings. The number of halogens is 1. The Morgan fingerprint density at radius 2 is 1.80 bits per heavy atom. The van der Waals surface area contributed by atoms with Crippen LogP contribution in [0.25, 0.3) is 22.0 Å². The van der Waals surface area contributed by atoms with E-state index in [9.17, 15) is 0 Å². The van der Waals surface area contributed by atoms with Gasteiger partial charge in [-0.05, 0) is 23.6 Å². The molecule has 1 heterocycles. The first-order chi connectivity index (χ1) is 9.79. The molecule has 0 saturated carbocycles. The van der Waals surface area contributed by atoms with Crippen molar-refractivity contribution in [2.45, 2.75) is 19.8 Å². The highest BCUT2D eigenvalue weighted by Crippen LogP contribution is 2.30. The summed E-state index contributed by atoms with van der Waals surface area (Å²) in [5.41, 5.74) is 4.41. The van der Waals surface area contributed by atoms with Gasteiger partial charge in [-0.15, -0.1) is 0 Å². The van der Waals surface area contributed by atoms with E-state index >= 15 is 0 Å². The van der Waals surface area contributed by atoms with E-state index in [4.69, 9.17) is 11.6 Å². The highest BCUT2D eigenvalue weighted by molar-refractivity contribution is 6.30. The zero-order chi connectivity index (χ0) is 13.9. The molecule has 0 spiro atoms. The zero-order valence-corrected chi connectivity index (χ0v) is 12.2. The predicted molar refractivity (Wildman–Crippen MR) is 86.2 cm³/mol. The Kier molecular flexibility index (Phi) is 3.70. The quantitative estimate of drug-likeness (QED) is 0.577. The van der Waals surface area contributed by atoms with Crippen LogP contribution in [0, 0.1) is 0 Å². The maximum absolute atomic E-state index is 6.33. The molecule has 0 amide bonds. The first-order valence-electron chi connectivity index (χ1n) is 6.93. The second kappa shape index (κ2) is 5.64. The number of hydrogen-bond donors (Lipinski definition) is 0. The van der Waals surface area contributed by atoms with Crippen molar-refractivity contribution in [2.75, 3.05) is 0 Å². The third kappa shape index (κ3) is 2.41. The molecular formula is C18H16ClN. The van der Waals surface area contributed by atoms with Gasteiger partial charge in [-0.1, -0.05) is 73.5 Å². The summed E-state index contributed by atoms with van der Waals surface area (Å²) < 4.78 is 0. The number of nitrogens with zero attached hydrogens (tertiary/aromatic N) is 1. The van der Waals surface area contributed by atoms with E-state index < -0.39 is 0 Å². The van der Waals surface area contributed by atoms with E-state index in [0.717, 1.165) is 34.9 Å². The largest absolute Gasteiger partial charge is 0.235 e. The van der Waals surface area contributed by atoms with Crippen LogP contribution in [0.5, 0.6) is 0 Å². The van der Waals surface area contributed by atoms with Crippen molar-refractivity contribution in [2.24, 2.45) is 0 Å². The Balaban J connectivity index is 2.22. The zero-order valence-electron chi connectivity index (χ0n) is 11.4. The minimum absolute atomic E-state index is 0.628. The second-order valence-electron chi connectivity index (χ2n) is 4.93. The summed E-state index contributed by atoms with van der Waals surface area (Å²) in [5, 5.41) is 1.78. The van der Waals surface area contributed by atoms with Gasteiger partial charge in [0.05, 0.1) is 5.52 Å². The number of para-hydroxylation sites is 1. The monoisotopic (exact) mass is 281 g/mol. The van der Waals surface area contributed by atoms with Gasteiger partial charge in [0.25, 0.3) is 0 Å². The molecule has 0 N–H and O–H groups in total. The molecule has 0 saturated heterocycles. The topological polar surface area (TPSA) is 12.9 Å². The third-order valence-electron chi connectivity index (χ3n) is 3.48. The normalized spacial score (nSPS) is 10.9. The number of aromatic nitrogens is 1. The summed E-state index contributed by atoms with van der Waals surface area (Å²) in [7, 11) is 0. The molecule has 20 heavy (non-hydrogen) atoms. The van der Waals surface area contributed by atoms with Crippen LogP contribution < -0.4 is 0 Å². The Hall–Kier alpha value is -1.86. The average molecular weight is 282 g/mol. The Labute approximate surface area is 124 Å². The summed E-state index contributed by atoms with van der Waals surface area (Å²) in [6.07, 6.45) is 2.04. The van der Waals surface area contributed by atoms with Gasteiger partial charge >= 0.3 is 0 Å². The number of benzene rings is 2. The van der Waals surface area contributed by atoms with E-state index in [1.54, 1.807) is 0 Å². The van der Waals surface area contributed by atoms with Gasteiger partial charge in [-0.3, -0.25) is 0 Å². The molecule has 3 rings (SSSR count). The molecule has 0 aliphatic heterocycles. The van der Waals surface area contributed by atoms with Gasteiger partial charge in [0.2, 0.25) is 0 Å². The standard InChI is InChI=1S/C18H16ClN/c1-2-7-15-12-14-10-6-11-16(17(14)20-18(15)19)13-8-4-3-5-9-13/h3-6,8-12H,2,7H2,1H3. The molecular weight excluding hydrogens is 266 g/mol. The van der Waals surface area contributed by atoms with Crippen molar-refractivity contribution in [1.29, 1.82) is 0 Å². The summed E-state index contributed by atoms with van der Waals surface area (Å²) in [5.74, 6) is 0. The molecule has 0 radical (unpaired) electrons. The van der Waals surface area contributed by atoms with Gasteiger partial charge in [0.1, 0.15) is 5.15 Å². The Morgan fingerprint density at radius 1 is 1.00 bits per heavy atom. The molecule has 0 unspecified atom stereocenters. The lowest BCUT2D eigenvalue weighted by molar-refractivity contribution is 0.918. The number of aryl methyl sites for hydroxylation is 1. The van der Waals surface area contributed by atoms with E-state index in [-0.39, 0.29) is 0 Å². The van der Waals surface area contributed by atoms with Crippen LogP contribution in [0.3, 0.4) is 0 Å². The summed E-state index contributed by atoms with van der Waals surface area (Å²) in [4.78, 5) is 4.64. The minimum atomic E-state index is 0.628. The van der Waals surface area contributed by atoms with Crippen LogP contribution in [0.15, 0.2) is 54.6 Å². The second-order valence-corrected chi connectivity index (χ2v) is 5.29. The van der Waals surface area contributed by atoms with Crippen LogP contribution >= 0.6 is 11.6 Å². The summed E-state index contributed by atoms with van der Waals surface area (Å²) in [6.45, 7) is 2.15. The fourth-order valence-corrected chi connectivity index (χ4v) is 2.75. The summed E-state index contributed by atoms with van der Waals surface area (Å²) in [6, 6.07) is 18.8. The van der Waals surface area contributed by atoms with Crippen LogP contribution in [-0.2, 0) is 6.42 Å². The predicted octanol–water partition coefficient (Wildman–Crippen LogP) is 5.51. The minimum Gasteiger partial charge on any atom is -0.235 e. The Morgan fingerprint density at radius 3 is 2.55 bits per heavy atom. The number of fused-ring (bicyclic) bond motifs is 1. The van der Waals surface area contributed by atoms with Gasteiger partial charge in [0.15, 0.2) is 0 Å². The molecule has 1 aromatic heterocycles. The SMILES string of the molecule is CCCc1cc2cccc(-c3ccccc3)c2nc1Cl. The van der Waals surface area contributed by atoms with Gasteiger partial charge < -0.3 is 0 Å². The van der Waals surface area contributed by atoms with Gasteiger partial charge in [-0.2, -0.15) is 0 Å². The van der Waals surface area contributed by atoms with Gasteiger partial charge in [0, 0.05) is 10.9 Å². The Bertz CT molecular complexity index is 735. The average Bonchev–Trinajstić information content (AvgIpc) is 2.49. The van der Waals surface area contributed by atoms with Crippen molar-refractivity contribution >= 4 is 22.5 Å². The molecule has 2 aromatic carbocycles. The van der Waals surface area contributed by atoms with Crippen molar-refractivity contribution in [1.82, 2.24) is 4.98 Å². The van der Waals surface area contributed by atoms with Crippen molar-refractivity contribution < 1.29 is 0 Å². The lowest BCUT2D eigenvalue weighted by atomic mass is 10.0. The molecule has 0 bridgehead atoms. The van der Waals surface area contributed by atoms with E-state index in [1.807, 2.05) is 18.2 Å². The fourth-order valence-electron chi connectivity index (χ4n) is 2.52. The molecule has 0 aliphatic carbocycles. The fraction of sp³-hybridized carbons (Fsp3) is 0.167. The molecule has 1 nitrogen and oxygen atoms in total. The van der Waals surface area contributed by atoms with Crippen molar-refractivity contribution in [3.63, 3.8) is 0 Å². The van der Waals surface area contributed by atoms with Gasteiger partial charge in [-0.25, -0.2) is 4.98 Å². The molecule has 0 atom stereocenters. The van der Waals surface area contributed by atoms with Crippen LogP contribution in [0.1, 0.15) is 18.9 Å². The summed E-state index contributed by atoms with van der Waals surface area (Å²) >= 11 is 6.33. The van der Waals surface area contributed by atoms with E-state index in [0.29, 0.717) is 5.15 Å². The first-order valence-corrected chi connectivity index (χ1v) is 7.31. The molecule has 2 heteroatoms. The molecule has 100 valence electrons.